The number of hydrogen-bond acceptors (Lipinski definition) is 7. The molecule has 2 fully saturated rings. The van der Waals surface area contributed by atoms with Gasteiger partial charge in [-0.3, -0.25) is 9.69 Å². The van der Waals surface area contributed by atoms with Gasteiger partial charge in [-0.2, -0.15) is 4.72 Å². The van der Waals surface area contributed by atoms with Crippen LogP contribution in [0.5, 0.6) is 0 Å². The molecular weight excluding hydrogens is 488 g/mol. The molecule has 0 unspecified atom stereocenters. The first-order chi connectivity index (χ1) is 16.4. The summed E-state index contributed by atoms with van der Waals surface area (Å²) < 4.78 is 36.4. The van der Waals surface area contributed by atoms with Crippen molar-refractivity contribution in [2.24, 2.45) is 11.8 Å². The van der Waals surface area contributed by atoms with Crippen LogP contribution in [0.15, 0.2) is 6.07 Å². The van der Waals surface area contributed by atoms with E-state index in [1.807, 2.05) is 4.90 Å². The van der Waals surface area contributed by atoms with Crippen LogP contribution in [-0.2, 0) is 24.3 Å². The molecular formula is C25H36N2O6S2. The second-order valence-electron chi connectivity index (χ2n) is 10.1. The lowest BCUT2D eigenvalue weighted by molar-refractivity contribution is -0.124. The summed E-state index contributed by atoms with van der Waals surface area (Å²) in [5.41, 5.74) is -0.697. The van der Waals surface area contributed by atoms with Gasteiger partial charge in [-0.1, -0.05) is 18.8 Å². The zero-order valence-electron chi connectivity index (χ0n) is 21.2. The maximum absolute atomic E-state index is 13.9. The van der Waals surface area contributed by atoms with Gasteiger partial charge in [0.25, 0.3) is 0 Å². The Balaban J connectivity index is 2.01. The highest BCUT2D eigenvalue weighted by molar-refractivity contribution is 7.88. The van der Waals surface area contributed by atoms with Crippen molar-refractivity contribution >= 4 is 38.2 Å². The van der Waals surface area contributed by atoms with Gasteiger partial charge in [0.2, 0.25) is 15.9 Å². The summed E-state index contributed by atoms with van der Waals surface area (Å²) in [5, 5.41) is 0.547. The van der Waals surface area contributed by atoms with Gasteiger partial charge in [-0.15, -0.1) is 11.3 Å². The van der Waals surface area contributed by atoms with Crippen LogP contribution in [0, 0.1) is 23.7 Å². The number of nitrogens with zero attached hydrogens (tertiary/aromatic N) is 1. The van der Waals surface area contributed by atoms with Gasteiger partial charge in [-0.25, -0.2) is 13.2 Å². The van der Waals surface area contributed by atoms with Crippen LogP contribution in [0.3, 0.4) is 0 Å². The summed E-state index contributed by atoms with van der Waals surface area (Å²) in [7, 11) is -2.13. The number of nitrogens with one attached hydrogen (secondary N) is 1. The molecule has 0 atom stereocenters. The van der Waals surface area contributed by atoms with E-state index in [2.05, 4.69) is 23.5 Å². The third kappa shape index (κ3) is 7.53. The molecule has 194 valence electrons. The highest BCUT2D eigenvalue weighted by Crippen LogP contribution is 2.39. The molecule has 1 N–H and O–H groups in total. The molecule has 1 saturated carbocycles. The number of ether oxygens (including phenoxy) is 2. The van der Waals surface area contributed by atoms with Crippen molar-refractivity contribution in [3.8, 4) is 11.8 Å². The highest BCUT2D eigenvalue weighted by Gasteiger charge is 2.37. The molecule has 1 aromatic heterocycles. The fourth-order valence-corrected chi connectivity index (χ4v) is 6.73. The number of anilines is 1. The molecule has 3 rings (SSSR count). The van der Waals surface area contributed by atoms with E-state index in [1.54, 1.807) is 19.9 Å². The molecule has 1 saturated heterocycles. The molecule has 8 nitrogen and oxygen atoms in total. The normalized spacial score (nSPS) is 21.6. The van der Waals surface area contributed by atoms with Gasteiger partial charge in [0.05, 0.1) is 29.3 Å². The van der Waals surface area contributed by atoms with E-state index in [-0.39, 0.29) is 17.9 Å². The number of carbonyl (C=O) groups is 2. The zero-order chi connectivity index (χ0) is 25.8. The molecule has 0 bridgehead atoms. The Morgan fingerprint density at radius 3 is 2.37 bits per heavy atom. The number of methoxy groups -OCH3 is 1. The van der Waals surface area contributed by atoms with Crippen LogP contribution in [0.2, 0.25) is 0 Å². The minimum Gasteiger partial charge on any atom is -0.465 e. The number of esters is 1. The largest absolute Gasteiger partial charge is 0.465 e. The maximum atomic E-state index is 13.9. The van der Waals surface area contributed by atoms with E-state index < -0.39 is 21.5 Å². The van der Waals surface area contributed by atoms with Gasteiger partial charge >= 0.3 is 5.97 Å². The van der Waals surface area contributed by atoms with E-state index >= 15 is 0 Å². The van der Waals surface area contributed by atoms with Crippen molar-refractivity contribution in [3.05, 3.63) is 16.5 Å². The lowest BCUT2D eigenvalue weighted by atomic mass is 9.82. The quantitative estimate of drug-likeness (QED) is 0.451. The number of carbonyl (C=O) groups excluding carboxylic acids is 2. The lowest BCUT2D eigenvalue weighted by Crippen LogP contribution is -2.47. The molecule has 35 heavy (non-hydrogen) atoms. The van der Waals surface area contributed by atoms with Crippen LogP contribution in [0.25, 0.3) is 0 Å². The Bertz CT molecular complexity index is 1080. The molecule has 1 amide bonds. The molecule has 1 aromatic rings. The third-order valence-corrected chi connectivity index (χ3v) is 8.36. The van der Waals surface area contributed by atoms with Gasteiger partial charge in [0.15, 0.2) is 0 Å². The smallest absolute Gasteiger partial charge is 0.340 e. The molecule has 2 heterocycles. The lowest BCUT2D eigenvalue weighted by Gasteiger charge is -2.37. The summed E-state index contributed by atoms with van der Waals surface area (Å²) in [5.74, 6) is 6.01. The Labute approximate surface area is 212 Å². The summed E-state index contributed by atoms with van der Waals surface area (Å²) in [6.07, 6.45) is 6.20. The van der Waals surface area contributed by atoms with Crippen molar-refractivity contribution in [3.63, 3.8) is 0 Å². The zero-order valence-corrected chi connectivity index (χ0v) is 22.8. The summed E-state index contributed by atoms with van der Waals surface area (Å²) in [6, 6.07) is 1.57. The highest BCUT2D eigenvalue weighted by atomic mass is 32.2. The molecule has 0 radical (unpaired) electrons. The van der Waals surface area contributed by atoms with Gasteiger partial charge in [0, 0.05) is 25.2 Å². The Morgan fingerprint density at radius 1 is 1.17 bits per heavy atom. The first kappa shape index (κ1) is 27.7. The second-order valence-corrected chi connectivity index (χ2v) is 12.9. The van der Waals surface area contributed by atoms with E-state index in [9.17, 15) is 18.0 Å². The van der Waals surface area contributed by atoms with E-state index in [0.29, 0.717) is 47.4 Å². The van der Waals surface area contributed by atoms with Crippen molar-refractivity contribution in [2.45, 2.75) is 70.9 Å². The molecule has 1 aliphatic carbocycles. The SMILES string of the molecule is COC(=O)c1cc(C#CC(C)(C)NS(C)(=O)=O)sc1N(C(=O)C1CCC(C)CC1)C1CCOCC1. The van der Waals surface area contributed by atoms with Crippen LogP contribution in [0.1, 0.15) is 74.5 Å². The first-order valence-corrected chi connectivity index (χ1v) is 14.8. The minimum atomic E-state index is -3.45. The minimum absolute atomic E-state index is 0.0504. The fourth-order valence-electron chi connectivity index (χ4n) is 4.68. The number of hydrogen-bond donors (Lipinski definition) is 1. The second kappa shape index (κ2) is 11.4. The van der Waals surface area contributed by atoms with E-state index in [4.69, 9.17) is 9.47 Å². The topological polar surface area (TPSA) is 102 Å². The summed E-state index contributed by atoms with van der Waals surface area (Å²) >= 11 is 1.27. The molecule has 0 aromatic carbocycles. The number of amides is 1. The summed E-state index contributed by atoms with van der Waals surface area (Å²) in [4.78, 5) is 29.0. The maximum Gasteiger partial charge on any atom is 0.340 e. The number of thiophene rings is 1. The fraction of sp³-hybridized carbons (Fsp3) is 0.680. The third-order valence-electron chi connectivity index (χ3n) is 6.43. The monoisotopic (exact) mass is 524 g/mol. The van der Waals surface area contributed by atoms with Gasteiger partial charge in [-0.05, 0) is 64.4 Å². The van der Waals surface area contributed by atoms with Crippen molar-refractivity contribution < 1.29 is 27.5 Å². The van der Waals surface area contributed by atoms with Crippen LogP contribution < -0.4 is 9.62 Å². The van der Waals surface area contributed by atoms with Crippen LogP contribution >= 0.6 is 11.3 Å². The average Bonchev–Trinajstić information content (AvgIpc) is 3.21. The standard InChI is InChI=1S/C25H36N2O6S2/c1-17-6-8-18(9-7-17)22(28)27(19-11-14-33-15-12-19)23-21(24(29)32-4)16-20(34-23)10-13-25(2,3)26-35(5,30)31/h16-19,26H,6-9,11-12,14-15H2,1-5H3. The molecule has 2 aliphatic rings. The van der Waals surface area contributed by atoms with Crippen LogP contribution in [-0.4, -0.2) is 58.5 Å². The number of sulfonamides is 1. The van der Waals surface area contributed by atoms with Crippen molar-refractivity contribution in [1.82, 2.24) is 4.72 Å². The number of rotatable bonds is 6. The molecule has 10 heteroatoms. The predicted octanol–water partition coefficient (Wildman–Crippen LogP) is 3.55. The van der Waals surface area contributed by atoms with Crippen LogP contribution in [0.4, 0.5) is 5.00 Å². The Kier molecular flexibility index (Phi) is 9.02. The Hall–Kier alpha value is -1.93. The first-order valence-electron chi connectivity index (χ1n) is 12.1. The summed E-state index contributed by atoms with van der Waals surface area (Å²) in [6.45, 7) is 6.67. The predicted molar refractivity (Wildman–Crippen MR) is 137 cm³/mol. The van der Waals surface area contributed by atoms with E-state index in [0.717, 1.165) is 31.9 Å². The molecule has 1 aliphatic heterocycles. The Morgan fingerprint density at radius 2 is 1.80 bits per heavy atom. The van der Waals surface area contributed by atoms with Crippen molar-refractivity contribution in [1.29, 1.82) is 0 Å². The van der Waals surface area contributed by atoms with Gasteiger partial charge in [0.1, 0.15) is 5.00 Å². The van der Waals surface area contributed by atoms with Crippen molar-refractivity contribution in [2.75, 3.05) is 31.5 Å². The van der Waals surface area contributed by atoms with E-state index in [1.165, 1.54) is 18.4 Å². The van der Waals surface area contributed by atoms with Gasteiger partial charge < -0.3 is 9.47 Å². The average molecular weight is 525 g/mol. The molecule has 0 spiro atoms.